The molecule has 0 saturated heterocycles. The Balaban J connectivity index is 1.65. The first-order chi connectivity index (χ1) is 12.3. The van der Waals surface area contributed by atoms with Gasteiger partial charge in [0.2, 0.25) is 0 Å². The van der Waals surface area contributed by atoms with Crippen LogP contribution in [-0.4, -0.2) is 19.2 Å². The van der Waals surface area contributed by atoms with E-state index in [2.05, 4.69) is 6.58 Å². The van der Waals surface area contributed by atoms with Crippen molar-refractivity contribution in [3.8, 4) is 17.2 Å². The van der Waals surface area contributed by atoms with Gasteiger partial charge in [-0.1, -0.05) is 36.9 Å². The van der Waals surface area contributed by atoms with Gasteiger partial charge in [-0.05, 0) is 41.8 Å². The maximum atomic E-state index is 11.3. The summed E-state index contributed by atoms with van der Waals surface area (Å²) in [5.41, 5.74) is 0. The molecule has 0 aliphatic heterocycles. The molecule has 3 aromatic rings. The Morgan fingerprint density at radius 3 is 2.48 bits per heavy atom. The Labute approximate surface area is 146 Å². The lowest BCUT2D eigenvalue weighted by Gasteiger charge is -2.11. The summed E-state index contributed by atoms with van der Waals surface area (Å²) in [6.07, 6.45) is 1.14. The summed E-state index contributed by atoms with van der Waals surface area (Å²) >= 11 is 0. The molecule has 0 atom stereocenters. The van der Waals surface area contributed by atoms with Crippen molar-refractivity contribution < 1.29 is 19.0 Å². The Morgan fingerprint density at radius 2 is 1.68 bits per heavy atom. The second-order valence-corrected chi connectivity index (χ2v) is 5.27. The fourth-order valence-corrected chi connectivity index (χ4v) is 2.41. The van der Waals surface area contributed by atoms with Crippen LogP contribution in [0.4, 0.5) is 0 Å². The van der Waals surface area contributed by atoms with Gasteiger partial charge in [-0.25, -0.2) is 4.79 Å². The average molecular weight is 334 g/mol. The molecule has 0 aromatic heterocycles. The van der Waals surface area contributed by atoms with E-state index >= 15 is 0 Å². The molecule has 0 bridgehead atoms. The predicted molar refractivity (Wildman–Crippen MR) is 97.2 cm³/mol. The van der Waals surface area contributed by atoms with Gasteiger partial charge >= 0.3 is 5.97 Å². The third kappa shape index (κ3) is 4.38. The number of carbonyl (C=O) groups is 1. The molecule has 0 fully saturated rings. The standard InChI is InChI=1S/C21H18O4/c1-2-21(22)25-18-11-12-19-16(15-18)7-6-10-20(19)24-14-13-23-17-8-4-3-5-9-17/h2-12,15H,1,13-14H2. The lowest BCUT2D eigenvalue weighted by atomic mass is 10.1. The zero-order valence-electron chi connectivity index (χ0n) is 13.7. The second kappa shape index (κ2) is 8.02. The fourth-order valence-electron chi connectivity index (χ4n) is 2.41. The second-order valence-electron chi connectivity index (χ2n) is 5.27. The molecular formula is C21H18O4. The molecule has 4 heteroatoms. The van der Waals surface area contributed by atoms with Crippen molar-refractivity contribution >= 4 is 16.7 Å². The Morgan fingerprint density at radius 1 is 0.880 bits per heavy atom. The van der Waals surface area contributed by atoms with Gasteiger partial charge in [-0.3, -0.25) is 0 Å². The fraction of sp³-hybridized carbons (Fsp3) is 0.0952. The van der Waals surface area contributed by atoms with Crippen LogP contribution in [0.5, 0.6) is 17.2 Å². The lowest BCUT2D eigenvalue weighted by molar-refractivity contribution is -0.128. The van der Waals surface area contributed by atoms with Crippen molar-refractivity contribution in [2.24, 2.45) is 0 Å². The molecule has 126 valence electrons. The smallest absolute Gasteiger partial charge is 0.335 e. The van der Waals surface area contributed by atoms with Gasteiger partial charge in [0.1, 0.15) is 30.5 Å². The van der Waals surface area contributed by atoms with Crippen LogP contribution in [0.1, 0.15) is 0 Å². The molecule has 0 radical (unpaired) electrons. The normalized spacial score (nSPS) is 10.2. The summed E-state index contributed by atoms with van der Waals surface area (Å²) in [5, 5.41) is 1.87. The zero-order chi connectivity index (χ0) is 17.5. The van der Waals surface area contributed by atoms with Crippen LogP contribution in [0.2, 0.25) is 0 Å². The molecule has 4 nitrogen and oxygen atoms in total. The SMILES string of the molecule is C=CC(=O)Oc1ccc2c(OCCOc3ccccc3)cccc2c1. The summed E-state index contributed by atoms with van der Waals surface area (Å²) in [6.45, 7) is 4.28. The molecule has 0 unspecified atom stereocenters. The first-order valence-corrected chi connectivity index (χ1v) is 7.94. The average Bonchev–Trinajstić information content (AvgIpc) is 2.66. The number of benzene rings is 3. The van der Waals surface area contributed by atoms with E-state index in [1.54, 1.807) is 12.1 Å². The van der Waals surface area contributed by atoms with Gasteiger partial charge in [-0.15, -0.1) is 0 Å². The quantitative estimate of drug-likeness (QED) is 0.278. The van der Waals surface area contributed by atoms with Crippen molar-refractivity contribution in [3.63, 3.8) is 0 Å². The third-order valence-corrected chi connectivity index (χ3v) is 3.55. The Hall–Kier alpha value is -3.27. The summed E-state index contributed by atoms with van der Waals surface area (Å²) in [7, 11) is 0. The maximum Gasteiger partial charge on any atom is 0.335 e. The molecule has 3 aromatic carbocycles. The van der Waals surface area contributed by atoms with Gasteiger partial charge in [-0.2, -0.15) is 0 Å². The van der Waals surface area contributed by atoms with Crippen LogP contribution in [0.25, 0.3) is 10.8 Å². The molecule has 0 spiro atoms. The lowest BCUT2D eigenvalue weighted by Crippen LogP contribution is -2.09. The minimum atomic E-state index is -0.482. The third-order valence-electron chi connectivity index (χ3n) is 3.55. The van der Waals surface area contributed by atoms with E-state index in [9.17, 15) is 4.79 Å². The topological polar surface area (TPSA) is 44.8 Å². The molecule has 0 aliphatic rings. The molecular weight excluding hydrogens is 316 g/mol. The largest absolute Gasteiger partial charge is 0.490 e. The summed E-state index contributed by atoms with van der Waals surface area (Å²) in [6, 6.07) is 20.8. The van der Waals surface area contributed by atoms with Gasteiger partial charge in [0.05, 0.1) is 0 Å². The molecule has 0 aliphatic carbocycles. The highest BCUT2D eigenvalue weighted by molar-refractivity contribution is 5.90. The highest BCUT2D eigenvalue weighted by atomic mass is 16.5. The van der Waals surface area contributed by atoms with Crippen LogP contribution in [-0.2, 0) is 4.79 Å². The number of ether oxygens (including phenoxy) is 3. The number of rotatable bonds is 7. The maximum absolute atomic E-state index is 11.3. The molecule has 25 heavy (non-hydrogen) atoms. The predicted octanol–water partition coefficient (Wildman–Crippen LogP) is 4.39. The molecule has 3 rings (SSSR count). The van der Waals surface area contributed by atoms with Crippen LogP contribution in [0.15, 0.2) is 79.4 Å². The van der Waals surface area contributed by atoms with Crippen LogP contribution >= 0.6 is 0 Å². The van der Waals surface area contributed by atoms with Crippen LogP contribution in [0.3, 0.4) is 0 Å². The number of para-hydroxylation sites is 1. The first-order valence-electron chi connectivity index (χ1n) is 7.94. The van der Waals surface area contributed by atoms with E-state index in [0.717, 1.165) is 28.3 Å². The van der Waals surface area contributed by atoms with Crippen molar-refractivity contribution in [2.75, 3.05) is 13.2 Å². The van der Waals surface area contributed by atoms with Crippen LogP contribution < -0.4 is 14.2 Å². The highest BCUT2D eigenvalue weighted by Crippen LogP contribution is 2.29. The van der Waals surface area contributed by atoms with Crippen molar-refractivity contribution in [1.82, 2.24) is 0 Å². The number of fused-ring (bicyclic) bond motifs is 1. The molecule has 0 N–H and O–H groups in total. The van der Waals surface area contributed by atoms with Crippen molar-refractivity contribution in [2.45, 2.75) is 0 Å². The van der Waals surface area contributed by atoms with E-state index in [0.29, 0.717) is 19.0 Å². The van der Waals surface area contributed by atoms with Gasteiger partial charge in [0.25, 0.3) is 0 Å². The van der Waals surface area contributed by atoms with E-state index in [1.165, 1.54) is 0 Å². The van der Waals surface area contributed by atoms with Crippen LogP contribution in [0, 0.1) is 0 Å². The van der Waals surface area contributed by atoms with E-state index < -0.39 is 5.97 Å². The number of hydrogen-bond acceptors (Lipinski definition) is 4. The summed E-state index contributed by atoms with van der Waals surface area (Å²) in [4.78, 5) is 11.3. The molecule has 0 heterocycles. The minimum Gasteiger partial charge on any atom is -0.490 e. The van der Waals surface area contributed by atoms with Gasteiger partial charge in [0, 0.05) is 11.5 Å². The Kier molecular flexibility index (Phi) is 5.32. The zero-order valence-corrected chi connectivity index (χ0v) is 13.7. The summed E-state index contributed by atoms with van der Waals surface area (Å²) < 4.78 is 16.6. The van der Waals surface area contributed by atoms with Crippen molar-refractivity contribution in [3.05, 3.63) is 79.4 Å². The van der Waals surface area contributed by atoms with E-state index in [4.69, 9.17) is 14.2 Å². The van der Waals surface area contributed by atoms with Crippen molar-refractivity contribution in [1.29, 1.82) is 0 Å². The number of esters is 1. The Bertz CT molecular complexity index is 871. The highest BCUT2D eigenvalue weighted by Gasteiger charge is 2.06. The van der Waals surface area contributed by atoms with E-state index in [-0.39, 0.29) is 0 Å². The van der Waals surface area contributed by atoms with E-state index in [1.807, 2.05) is 54.6 Å². The first kappa shape index (κ1) is 16.6. The number of carbonyl (C=O) groups excluding carboxylic acids is 1. The summed E-state index contributed by atoms with van der Waals surface area (Å²) in [5.74, 6) is 1.57. The van der Waals surface area contributed by atoms with Gasteiger partial charge in [0.15, 0.2) is 0 Å². The minimum absolute atomic E-state index is 0.432. The van der Waals surface area contributed by atoms with Gasteiger partial charge < -0.3 is 14.2 Å². The molecule has 0 saturated carbocycles. The number of hydrogen-bond donors (Lipinski definition) is 0. The monoisotopic (exact) mass is 334 g/mol. The molecule has 0 amide bonds.